The lowest BCUT2D eigenvalue weighted by atomic mass is 10.1. The number of thiophene rings is 1. The van der Waals surface area contributed by atoms with Crippen molar-refractivity contribution < 1.29 is 14.6 Å². The predicted molar refractivity (Wildman–Crippen MR) is 81.9 cm³/mol. The standard InChI is InChI=1S/C16H18O3S/c1-9(2)13(17)16-14(18)10(3)15(20-16)11-5-7-12(19-4)8-6-11/h5-9,18H,1-4H3. The third-order valence-electron chi connectivity index (χ3n) is 3.22. The Kier molecular flexibility index (Phi) is 4.14. The number of benzene rings is 1. The molecule has 0 aliphatic carbocycles. The topological polar surface area (TPSA) is 46.5 Å². The molecule has 0 atom stereocenters. The van der Waals surface area contributed by atoms with E-state index < -0.39 is 0 Å². The van der Waals surface area contributed by atoms with Crippen LogP contribution >= 0.6 is 11.3 Å². The Bertz CT molecular complexity index is 624. The molecule has 0 aliphatic rings. The van der Waals surface area contributed by atoms with Gasteiger partial charge in [0.1, 0.15) is 16.4 Å². The van der Waals surface area contributed by atoms with E-state index in [0.717, 1.165) is 21.8 Å². The number of methoxy groups -OCH3 is 1. The highest BCUT2D eigenvalue weighted by molar-refractivity contribution is 7.18. The van der Waals surface area contributed by atoms with E-state index in [1.165, 1.54) is 11.3 Å². The summed E-state index contributed by atoms with van der Waals surface area (Å²) in [7, 11) is 1.62. The number of ether oxygens (including phenoxy) is 1. The third kappa shape index (κ3) is 2.56. The molecule has 106 valence electrons. The predicted octanol–water partition coefficient (Wildman–Crippen LogP) is 4.28. The first-order valence-electron chi connectivity index (χ1n) is 6.46. The van der Waals surface area contributed by atoms with Gasteiger partial charge in [0.2, 0.25) is 0 Å². The van der Waals surface area contributed by atoms with Gasteiger partial charge in [0, 0.05) is 16.4 Å². The molecule has 1 aromatic carbocycles. The molecule has 0 spiro atoms. The molecule has 3 nitrogen and oxygen atoms in total. The minimum Gasteiger partial charge on any atom is -0.506 e. The first-order chi connectivity index (χ1) is 9.45. The van der Waals surface area contributed by atoms with Gasteiger partial charge in [0.25, 0.3) is 0 Å². The van der Waals surface area contributed by atoms with Gasteiger partial charge < -0.3 is 9.84 Å². The maximum Gasteiger partial charge on any atom is 0.179 e. The molecule has 1 heterocycles. The summed E-state index contributed by atoms with van der Waals surface area (Å²) in [6.45, 7) is 5.51. The van der Waals surface area contributed by atoms with Crippen LogP contribution in [-0.2, 0) is 0 Å². The zero-order valence-corrected chi connectivity index (χ0v) is 12.9. The van der Waals surface area contributed by atoms with Gasteiger partial charge in [0.05, 0.1) is 7.11 Å². The molecule has 0 radical (unpaired) electrons. The van der Waals surface area contributed by atoms with Crippen molar-refractivity contribution in [2.75, 3.05) is 7.11 Å². The Balaban J connectivity index is 2.47. The summed E-state index contributed by atoms with van der Waals surface area (Å²) in [6.07, 6.45) is 0. The molecule has 1 N–H and O–H groups in total. The number of aromatic hydroxyl groups is 1. The second kappa shape index (κ2) is 5.67. The number of Topliss-reactive ketones (excluding diaryl/α,β-unsaturated/α-hetero) is 1. The number of ketones is 1. The second-order valence-electron chi connectivity index (χ2n) is 4.98. The van der Waals surface area contributed by atoms with Gasteiger partial charge in [0.15, 0.2) is 5.78 Å². The van der Waals surface area contributed by atoms with Gasteiger partial charge in [-0.25, -0.2) is 0 Å². The molecule has 2 rings (SSSR count). The Hall–Kier alpha value is -1.81. The second-order valence-corrected chi connectivity index (χ2v) is 6.00. The minimum atomic E-state index is -0.123. The highest BCUT2D eigenvalue weighted by Gasteiger charge is 2.22. The minimum absolute atomic E-state index is 0.0182. The summed E-state index contributed by atoms with van der Waals surface area (Å²) >= 11 is 1.35. The van der Waals surface area contributed by atoms with Crippen LogP contribution in [0.3, 0.4) is 0 Å². The molecule has 0 amide bonds. The highest BCUT2D eigenvalue weighted by atomic mass is 32.1. The summed E-state index contributed by atoms with van der Waals surface area (Å²) in [6, 6.07) is 7.60. The molecule has 0 saturated carbocycles. The summed E-state index contributed by atoms with van der Waals surface area (Å²) < 4.78 is 5.13. The zero-order chi connectivity index (χ0) is 14.9. The van der Waals surface area contributed by atoms with E-state index in [0.29, 0.717) is 4.88 Å². The van der Waals surface area contributed by atoms with Crippen molar-refractivity contribution in [3.63, 3.8) is 0 Å². The van der Waals surface area contributed by atoms with E-state index in [4.69, 9.17) is 4.74 Å². The molecular weight excluding hydrogens is 272 g/mol. The van der Waals surface area contributed by atoms with E-state index in [2.05, 4.69) is 0 Å². The van der Waals surface area contributed by atoms with Crippen LogP contribution in [-0.4, -0.2) is 18.0 Å². The Morgan fingerprint density at radius 1 is 1.25 bits per heavy atom. The van der Waals surface area contributed by atoms with Crippen molar-refractivity contribution in [3.8, 4) is 21.9 Å². The maximum atomic E-state index is 12.1. The van der Waals surface area contributed by atoms with Crippen LogP contribution in [0.4, 0.5) is 0 Å². The number of hydrogen-bond donors (Lipinski definition) is 1. The summed E-state index contributed by atoms with van der Waals surface area (Å²) in [5.41, 5.74) is 1.73. The molecule has 4 heteroatoms. The van der Waals surface area contributed by atoms with Crippen molar-refractivity contribution in [1.29, 1.82) is 0 Å². The Morgan fingerprint density at radius 2 is 1.85 bits per heavy atom. The monoisotopic (exact) mass is 290 g/mol. The van der Waals surface area contributed by atoms with Crippen LogP contribution in [0.5, 0.6) is 11.5 Å². The molecule has 0 aliphatic heterocycles. The van der Waals surface area contributed by atoms with Crippen LogP contribution in [0.25, 0.3) is 10.4 Å². The van der Waals surface area contributed by atoms with E-state index in [1.807, 2.05) is 45.0 Å². The molecule has 1 aromatic heterocycles. The summed E-state index contributed by atoms with van der Waals surface area (Å²) in [5, 5.41) is 10.2. The molecule has 20 heavy (non-hydrogen) atoms. The largest absolute Gasteiger partial charge is 0.506 e. The van der Waals surface area contributed by atoms with Gasteiger partial charge in [-0.2, -0.15) is 0 Å². The van der Waals surface area contributed by atoms with Gasteiger partial charge in [-0.15, -0.1) is 11.3 Å². The summed E-state index contributed by atoms with van der Waals surface area (Å²) in [5.74, 6) is 0.753. The quantitative estimate of drug-likeness (QED) is 0.855. The van der Waals surface area contributed by atoms with E-state index in [-0.39, 0.29) is 17.5 Å². The lowest BCUT2D eigenvalue weighted by molar-refractivity contribution is 0.0941. The van der Waals surface area contributed by atoms with Crippen LogP contribution in [0.2, 0.25) is 0 Å². The molecule has 0 bridgehead atoms. The average molecular weight is 290 g/mol. The van der Waals surface area contributed by atoms with Gasteiger partial charge in [-0.05, 0) is 36.8 Å². The molecule has 0 unspecified atom stereocenters. The Labute approximate surface area is 122 Å². The van der Waals surface area contributed by atoms with Crippen LogP contribution in [0.15, 0.2) is 24.3 Å². The van der Waals surface area contributed by atoms with Crippen LogP contribution < -0.4 is 4.74 Å². The third-order valence-corrected chi connectivity index (χ3v) is 4.56. The number of carbonyl (C=O) groups is 1. The highest BCUT2D eigenvalue weighted by Crippen LogP contribution is 2.41. The summed E-state index contributed by atoms with van der Waals surface area (Å²) in [4.78, 5) is 13.5. The normalized spacial score (nSPS) is 10.8. The molecule has 0 saturated heterocycles. The van der Waals surface area contributed by atoms with E-state index in [1.54, 1.807) is 7.11 Å². The number of carbonyl (C=O) groups excluding carboxylic acids is 1. The fraction of sp³-hybridized carbons (Fsp3) is 0.312. The lowest BCUT2D eigenvalue weighted by Crippen LogP contribution is -2.05. The van der Waals surface area contributed by atoms with Gasteiger partial charge in [-0.3, -0.25) is 4.79 Å². The van der Waals surface area contributed by atoms with Crippen LogP contribution in [0.1, 0.15) is 29.1 Å². The molecule has 2 aromatic rings. The number of hydrogen-bond acceptors (Lipinski definition) is 4. The number of rotatable bonds is 4. The SMILES string of the molecule is COc1ccc(-c2sc(C(=O)C(C)C)c(O)c2C)cc1. The van der Waals surface area contributed by atoms with Crippen molar-refractivity contribution in [1.82, 2.24) is 0 Å². The molecular formula is C16H18O3S. The maximum absolute atomic E-state index is 12.1. The van der Waals surface area contributed by atoms with Crippen LogP contribution in [0, 0.1) is 12.8 Å². The average Bonchev–Trinajstić information content (AvgIpc) is 2.75. The zero-order valence-electron chi connectivity index (χ0n) is 12.1. The fourth-order valence-corrected chi connectivity index (χ4v) is 3.25. The Morgan fingerprint density at radius 3 is 2.35 bits per heavy atom. The van der Waals surface area contributed by atoms with Crippen molar-refractivity contribution in [2.45, 2.75) is 20.8 Å². The first kappa shape index (κ1) is 14.6. The van der Waals surface area contributed by atoms with E-state index >= 15 is 0 Å². The molecule has 0 fully saturated rings. The first-order valence-corrected chi connectivity index (χ1v) is 7.28. The van der Waals surface area contributed by atoms with Crippen molar-refractivity contribution in [2.24, 2.45) is 5.92 Å². The van der Waals surface area contributed by atoms with Gasteiger partial charge >= 0.3 is 0 Å². The van der Waals surface area contributed by atoms with E-state index in [9.17, 15) is 9.90 Å². The van der Waals surface area contributed by atoms with Crippen molar-refractivity contribution in [3.05, 3.63) is 34.7 Å². The van der Waals surface area contributed by atoms with Crippen molar-refractivity contribution >= 4 is 17.1 Å². The smallest absolute Gasteiger partial charge is 0.179 e. The lowest BCUT2D eigenvalue weighted by Gasteiger charge is -2.02. The fourth-order valence-electron chi connectivity index (χ4n) is 1.95. The van der Waals surface area contributed by atoms with Gasteiger partial charge in [-0.1, -0.05) is 13.8 Å².